The lowest BCUT2D eigenvalue weighted by Crippen LogP contribution is -2.26. The fourth-order valence-corrected chi connectivity index (χ4v) is 2.88. The van der Waals surface area contributed by atoms with Crippen LogP contribution in [-0.4, -0.2) is 24.8 Å². The number of benzene rings is 2. The average molecular weight is 351 g/mol. The summed E-state index contributed by atoms with van der Waals surface area (Å²) in [5, 5.41) is 2.72. The Hall–Kier alpha value is -2.08. The van der Waals surface area contributed by atoms with E-state index in [0.29, 0.717) is 6.54 Å². The molecule has 128 valence electrons. The molecule has 0 saturated heterocycles. The molecule has 2 aromatic rings. The molecule has 1 amide bonds. The molecule has 0 atom stereocenters. The predicted molar refractivity (Wildman–Crippen MR) is 92.7 cm³/mol. The molecule has 0 aliphatic carbocycles. The fourth-order valence-electron chi connectivity index (χ4n) is 2.06. The Balaban J connectivity index is 1.76. The van der Waals surface area contributed by atoms with Crippen molar-refractivity contribution in [2.75, 3.05) is 12.3 Å². The minimum absolute atomic E-state index is 0.112. The number of thioether (sulfide) groups is 1. The number of aryl methyl sites for hydroxylation is 1. The van der Waals surface area contributed by atoms with Crippen molar-refractivity contribution in [1.29, 1.82) is 0 Å². The summed E-state index contributed by atoms with van der Waals surface area (Å²) in [5.41, 5.74) is 2.56. The largest absolute Gasteiger partial charge is 0.434 e. The quantitative estimate of drug-likeness (QED) is 0.722. The molecule has 3 nitrogen and oxygen atoms in total. The maximum Gasteiger partial charge on any atom is 0.387 e. The Morgan fingerprint density at radius 3 is 2.58 bits per heavy atom. The molecule has 0 fully saturated rings. The molecule has 2 aromatic carbocycles. The van der Waals surface area contributed by atoms with E-state index in [0.717, 1.165) is 11.5 Å². The molecule has 0 heterocycles. The van der Waals surface area contributed by atoms with Crippen LogP contribution >= 0.6 is 11.8 Å². The van der Waals surface area contributed by atoms with Crippen molar-refractivity contribution in [1.82, 2.24) is 5.32 Å². The SMILES string of the molecule is Cc1ccc(CSCCNC(=O)c2ccccc2OC(F)F)cc1. The first kappa shape index (κ1) is 18.3. The minimum atomic E-state index is -2.95. The maximum absolute atomic E-state index is 12.3. The Kier molecular flexibility index (Phi) is 7.06. The lowest BCUT2D eigenvalue weighted by atomic mass is 10.2. The molecule has 0 aliphatic heterocycles. The molecule has 0 radical (unpaired) electrons. The standard InChI is InChI=1S/C18H19F2NO2S/c1-13-6-8-14(9-7-13)12-24-11-10-21-17(22)15-4-2-3-5-16(15)23-18(19)20/h2-9,18H,10-12H2,1H3,(H,21,22). The third kappa shape index (κ3) is 5.85. The third-order valence-corrected chi connectivity index (χ3v) is 4.30. The predicted octanol–water partition coefficient (Wildman–Crippen LogP) is 4.26. The van der Waals surface area contributed by atoms with E-state index in [-0.39, 0.29) is 11.3 Å². The normalized spacial score (nSPS) is 10.7. The first-order chi connectivity index (χ1) is 11.6. The number of halogens is 2. The van der Waals surface area contributed by atoms with Gasteiger partial charge in [-0.3, -0.25) is 4.79 Å². The summed E-state index contributed by atoms with van der Waals surface area (Å²) in [6.07, 6.45) is 0. The Bertz CT molecular complexity index is 662. The summed E-state index contributed by atoms with van der Waals surface area (Å²) in [6.45, 7) is -0.454. The number of rotatable bonds is 8. The van der Waals surface area contributed by atoms with Crippen molar-refractivity contribution >= 4 is 17.7 Å². The fraction of sp³-hybridized carbons (Fsp3) is 0.278. The van der Waals surface area contributed by atoms with Gasteiger partial charge in [0, 0.05) is 18.1 Å². The van der Waals surface area contributed by atoms with Crippen molar-refractivity contribution in [3.8, 4) is 5.75 Å². The van der Waals surface area contributed by atoms with Gasteiger partial charge in [-0.1, -0.05) is 42.0 Å². The molecule has 0 aliphatic rings. The highest BCUT2D eigenvalue weighted by atomic mass is 32.2. The first-order valence-electron chi connectivity index (χ1n) is 7.51. The molecule has 2 rings (SSSR count). The maximum atomic E-state index is 12.3. The van der Waals surface area contributed by atoms with Crippen LogP contribution in [0, 0.1) is 6.92 Å². The number of carbonyl (C=O) groups excluding carboxylic acids is 1. The number of hydrogen-bond acceptors (Lipinski definition) is 3. The molecular formula is C18H19F2NO2S. The minimum Gasteiger partial charge on any atom is -0.434 e. The summed E-state index contributed by atoms with van der Waals surface area (Å²) >= 11 is 1.70. The number of alkyl halides is 2. The smallest absolute Gasteiger partial charge is 0.387 e. The van der Waals surface area contributed by atoms with Crippen LogP contribution in [0.1, 0.15) is 21.5 Å². The van der Waals surface area contributed by atoms with Crippen molar-refractivity contribution in [3.63, 3.8) is 0 Å². The monoisotopic (exact) mass is 351 g/mol. The first-order valence-corrected chi connectivity index (χ1v) is 8.67. The highest BCUT2D eigenvalue weighted by molar-refractivity contribution is 7.98. The van der Waals surface area contributed by atoms with E-state index in [4.69, 9.17) is 0 Å². The van der Waals surface area contributed by atoms with Gasteiger partial charge in [0.25, 0.3) is 5.91 Å². The van der Waals surface area contributed by atoms with Crippen molar-refractivity contribution in [3.05, 3.63) is 65.2 Å². The topological polar surface area (TPSA) is 38.3 Å². The second kappa shape index (κ2) is 9.27. The van der Waals surface area contributed by atoms with Crippen molar-refractivity contribution in [2.45, 2.75) is 19.3 Å². The molecule has 0 bridgehead atoms. The zero-order chi connectivity index (χ0) is 17.4. The second-order valence-electron chi connectivity index (χ2n) is 5.17. The van der Waals surface area contributed by atoms with Gasteiger partial charge in [0.1, 0.15) is 5.75 Å². The van der Waals surface area contributed by atoms with Crippen LogP contribution in [-0.2, 0) is 5.75 Å². The molecule has 6 heteroatoms. The summed E-state index contributed by atoms with van der Waals surface area (Å²) < 4.78 is 29.1. The van der Waals surface area contributed by atoms with Gasteiger partial charge in [-0.05, 0) is 24.6 Å². The number of ether oxygens (including phenoxy) is 1. The Morgan fingerprint density at radius 1 is 1.17 bits per heavy atom. The van der Waals surface area contributed by atoms with Crippen LogP contribution < -0.4 is 10.1 Å². The highest BCUT2D eigenvalue weighted by Gasteiger charge is 2.14. The lowest BCUT2D eigenvalue weighted by molar-refractivity contribution is -0.0501. The zero-order valence-electron chi connectivity index (χ0n) is 13.3. The van der Waals surface area contributed by atoms with Crippen LogP contribution in [0.25, 0.3) is 0 Å². The Morgan fingerprint density at radius 2 is 1.88 bits per heavy atom. The van der Waals surface area contributed by atoms with E-state index in [1.807, 2.05) is 6.92 Å². The van der Waals surface area contributed by atoms with Crippen LogP contribution in [0.5, 0.6) is 5.75 Å². The number of carbonyl (C=O) groups is 1. The Labute approximate surface area is 144 Å². The zero-order valence-corrected chi connectivity index (χ0v) is 14.1. The molecular weight excluding hydrogens is 332 g/mol. The van der Waals surface area contributed by atoms with Crippen molar-refractivity contribution in [2.24, 2.45) is 0 Å². The van der Waals surface area contributed by atoms with Gasteiger partial charge in [-0.15, -0.1) is 0 Å². The van der Waals surface area contributed by atoms with E-state index in [1.54, 1.807) is 23.9 Å². The van der Waals surface area contributed by atoms with Crippen molar-refractivity contribution < 1.29 is 18.3 Å². The van der Waals surface area contributed by atoms with Gasteiger partial charge in [-0.25, -0.2) is 0 Å². The van der Waals surface area contributed by atoms with Gasteiger partial charge in [0.2, 0.25) is 0 Å². The molecule has 0 unspecified atom stereocenters. The average Bonchev–Trinajstić information content (AvgIpc) is 2.56. The van der Waals surface area contributed by atoms with Gasteiger partial charge in [0.15, 0.2) is 0 Å². The lowest BCUT2D eigenvalue weighted by Gasteiger charge is -2.10. The molecule has 1 N–H and O–H groups in total. The second-order valence-corrected chi connectivity index (χ2v) is 6.27. The van der Waals surface area contributed by atoms with E-state index in [1.165, 1.54) is 23.3 Å². The summed E-state index contributed by atoms with van der Waals surface area (Å²) in [5.74, 6) is 1.07. The molecule has 0 saturated carbocycles. The van der Waals surface area contributed by atoms with E-state index in [2.05, 4.69) is 34.3 Å². The van der Waals surface area contributed by atoms with Crippen LogP contribution in [0.2, 0.25) is 0 Å². The van der Waals surface area contributed by atoms with Gasteiger partial charge in [-0.2, -0.15) is 20.5 Å². The van der Waals surface area contributed by atoms with Crippen LogP contribution in [0.4, 0.5) is 8.78 Å². The summed E-state index contributed by atoms with van der Waals surface area (Å²) in [7, 11) is 0. The third-order valence-electron chi connectivity index (χ3n) is 3.27. The van der Waals surface area contributed by atoms with Crippen LogP contribution in [0.3, 0.4) is 0 Å². The number of para-hydroxylation sites is 1. The number of hydrogen-bond donors (Lipinski definition) is 1. The van der Waals surface area contributed by atoms with Crippen LogP contribution in [0.15, 0.2) is 48.5 Å². The summed E-state index contributed by atoms with van der Waals surface area (Å²) in [6, 6.07) is 14.3. The van der Waals surface area contributed by atoms with Gasteiger partial charge >= 0.3 is 6.61 Å². The van der Waals surface area contributed by atoms with Gasteiger partial charge < -0.3 is 10.1 Å². The number of nitrogens with one attached hydrogen (secondary N) is 1. The van der Waals surface area contributed by atoms with E-state index < -0.39 is 12.5 Å². The van der Waals surface area contributed by atoms with E-state index in [9.17, 15) is 13.6 Å². The molecule has 0 aromatic heterocycles. The highest BCUT2D eigenvalue weighted by Crippen LogP contribution is 2.20. The molecule has 0 spiro atoms. The van der Waals surface area contributed by atoms with Gasteiger partial charge in [0.05, 0.1) is 5.56 Å². The number of amides is 1. The van der Waals surface area contributed by atoms with E-state index >= 15 is 0 Å². The summed E-state index contributed by atoms with van der Waals surface area (Å²) in [4.78, 5) is 12.1. The molecule has 24 heavy (non-hydrogen) atoms.